The van der Waals surface area contributed by atoms with Crippen molar-refractivity contribution in [2.24, 2.45) is 0 Å². The maximum atomic E-state index is 13.6. The predicted molar refractivity (Wildman–Crippen MR) is 85.1 cm³/mol. The topological polar surface area (TPSA) is 51.2 Å². The average Bonchev–Trinajstić information content (AvgIpc) is 2.88. The van der Waals surface area contributed by atoms with Crippen LogP contribution in [0.3, 0.4) is 0 Å². The summed E-state index contributed by atoms with van der Waals surface area (Å²) in [5.74, 6) is -1.61. The van der Waals surface area contributed by atoms with Crippen molar-refractivity contribution in [2.75, 3.05) is 11.9 Å². The first-order valence-electron chi connectivity index (χ1n) is 6.86. The van der Waals surface area contributed by atoms with Gasteiger partial charge in [-0.15, -0.1) is 0 Å². The van der Waals surface area contributed by atoms with Gasteiger partial charge in [-0.3, -0.25) is 10.1 Å². The summed E-state index contributed by atoms with van der Waals surface area (Å²) in [5.41, 5.74) is 0.467. The van der Waals surface area contributed by atoms with Gasteiger partial charge < -0.3 is 4.74 Å². The molecule has 23 heavy (non-hydrogen) atoms. The van der Waals surface area contributed by atoms with Crippen LogP contribution in [0.4, 0.5) is 13.9 Å². The molecule has 0 bridgehead atoms. The third-order valence-electron chi connectivity index (χ3n) is 3.07. The second kappa shape index (κ2) is 6.29. The molecule has 3 aromatic rings. The fourth-order valence-corrected chi connectivity index (χ4v) is 2.94. The first-order valence-corrected chi connectivity index (χ1v) is 7.68. The van der Waals surface area contributed by atoms with Gasteiger partial charge in [0.25, 0.3) is 5.91 Å². The number of thiazole rings is 1. The van der Waals surface area contributed by atoms with Gasteiger partial charge in [0.2, 0.25) is 0 Å². The monoisotopic (exact) mass is 334 g/mol. The van der Waals surface area contributed by atoms with Gasteiger partial charge in [-0.2, -0.15) is 0 Å². The molecular weight excluding hydrogens is 322 g/mol. The lowest BCUT2D eigenvalue weighted by Crippen LogP contribution is -2.13. The Labute approximate surface area is 134 Å². The number of nitrogens with one attached hydrogen (secondary N) is 1. The minimum Gasteiger partial charge on any atom is -0.494 e. The molecule has 0 radical (unpaired) electrons. The van der Waals surface area contributed by atoms with Crippen molar-refractivity contribution >= 4 is 32.6 Å². The number of carbonyl (C=O) groups excluding carboxylic acids is 1. The van der Waals surface area contributed by atoms with Crippen molar-refractivity contribution in [3.8, 4) is 5.75 Å². The summed E-state index contributed by atoms with van der Waals surface area (Å²) in [6, 6.07) is 8.19. The molecule has 1 amide bonds. The Kier molecular flexibility index (Phi) is 4.20. The van der Waals surface area contributed by atoms with Gasteiger partial charge in [-0.05, 0) is 37.3 Å². The quantitative estimate of drug-likeness (QED) is 0.777. The standard InChI is InChI=1S/C16H12F2N2O2S/c1-2-22-10-4-6-13-14(8-10)23-16(19-13)20-15(21)11-5-3-9(17)7-12(11)18/h3-8H,2H2,1H3,(H,19,20,21). The highest BCUT2D eigenvalue weighted by atomic mass is 32.1. The van der Waals surface area contributed by atoms with Gasteiger partial charge in [0.1, 0.15) is 17.4 Å². The van der Waals surface area contributed by atoms with Gasteiger partial charge in [0.15, 0.2) is 5.13 Å². The summed E-state index contributed by atoms with van der Waals surface area (Å²) >= 11 is 1.25. The molecule has 118 valence electrons. The third-order valence-corrected chi connectivity index (χ3v) is 4.00. The highest BCUT2D eigenvalue weighted by Crippen LogP contribution is 2.29. The lowest BCUT2D eigenvalue weighted by atomic mass is 10.2. The van der Waals surface area contributed by atoms with Gasteiger partial charge in [0.05, 0.1) is 22.4 Å². The Morgan fingerprint density at radius 3 is 2.83 bits per heavy atom. The van der Waals surface area contributed by atoms with Gasteiger partial charge in [0, 0.05) is 6.07 Å². The van der Waals surface area contributed by atoms with E-state index in [1.165, 1.54) is 11.3 Å². The molecule has 7 heteroatoms. The number of fused-ring (bicyclic) bond motifs is 1. The summed E-state index contributed by atoms with van der Waals surface area (Å²) < 4.78 is 32.7. The number of benzene rings is 2. The van der Waals surface area contributed by atoms with Crippen LogP contribution in [0.25, 0.3) is 10.2 Å². The van der Waals surface area contributed by atoms with Crippen LogP contribution in [-0.2, 0) is 0 Å². The molecule has 0 saturated carbocycles. The highest BCUT2D eigenvalue weighted by molar-refractivity contribution is 7.22. The molecule has 0 spiro atoms. The van der Waals surface area contributed by atoms with E-state index in [2.05, 4.69) is 10.3 Å². The van der Waals surface area contributed by atoms with E-state index in [9.17, 15) is 13.6 Å². The van der Waals surface area contributed by atoms with Crippen molar-refractivity contribution < 1.29 is 18.3 Å². The Hall–Kier alpha value is -2.54. The molecule has 1 N–H and O–H groups in total. The summed E-state index contributed by atoms with van der Waals surface area (Å²) in [4.78, 5) is 16.3. The van der Waals surface area contributed by atoms with E-state index < -0.39 is 17.5 Å². The van der Waals surface area contributed by atoms with Gasteiger partial charge in [-0.25, -0.2) is 13.8 Å². The lowest BCUT2D eigenvalue weighted by Gasteiger charge is -2.02. The number of hydrogen-bond donors (Lipinski definition) is 1. The van der Waals surface area contributed by atoms with Crippen molar-refractivity contribution in [3.63, 3.8) is 0 Å². The second-order valence-electron chi connectivity index (χ2n) is 4.66. The van der Waals surface area contributed by atoms with Gasteiger partial charge in [-0.1, -0.05) is 11.3 Å². The smallest absolute Gasteiger partial charge is 0.260 e. The number of ether oxygens (including phenoxy) is 1. The minimum atomic E-state index is -0.915. The maximum Gasteiger partial charge on any atom is 0.260 e. The molecule has 0 saturated heterocycles. The summed E-state index contributed by atoms with van der Waals surface area (Å²) in [5, 5.41) is 2.86. The SMILES string of the molecule is CCOc1ccc2nc(NC(=O)c3ccc(F)cc3F)sc2c1. The second-order valence-corrected chi connectivity index (χ2v) is 5.69. The minimum absolute atomic E-state index is 0.235. The maximum absolute atomic E-state index is 13.6. The van der Waals surface area contributed by atoms with Crippen LogP contribution in [0.15, 0.2) is 36.4 Å². The average molecular weight is 334 g/mol. The third kappa shape index (κ3) is 3.29. The van der Waals surface area contributed by atoms with E-state index in [1.807, 2.05) is 13.0 Å². The van der Waals surface area contributed by atoms with Crippen molar-refractivity contribution in [2.45, 2.75) is 6.92 Å². The van der Waals surface area contributed by atoms with Crippen LogP contribution in [0.2, 0.25) is 0 Å². The molecule has 0 aliphatic rings. The molecule has 3 rings (SSSR count). The van der Waals surface area contributed by atoms with Crippen LogP contribution >= 0.6 is 11.3 Å². The fraction of sp³-hybridized carbons (Fsp3) is 0.125. The van der Waals surface area contributed by atoms with Gasteiger partial charge >= 0.3 is 0 Å². The molecule has 0 aliphatic carbocycles. The molecule has 0 aliphatic heterocycles. The van der Waals surface area contributed by atoms with E-state index in [4.69, 9.17) is 4.74 Å². The zero-order valence-corrected chi connectivity index (χ0v) is 12.9. The Balaban J connectivity index is 1.84. The first-order chi connectivity index (χ1) is 11.1. The molecular formula is C16H12F2N2O2S. The number of halogens is 2. The Morgan fingerprint density at radius 2 is 2.09 bits per heavy atom. The number of hydrogen-bond acceptors (Lipinski definition) is 4. The molecule has 0 atom stereocenters. The summed E-state index contributed by atoms with van der Waals surface area (Å²) in [7, 11) is 0. The summed E-state index contributed by atoms with van der Waals surface area (Å²) in [6.07, 6.45) is 0. The van der Waals surface area contributed by atoms with Crippen molar-refractivity contribution in [3.05, 3.63) is 53.6 Å². The molecule has 0 fully saturated rings. The van der Waals surface area contributed by atoms with Crippen LogP contribution in [0.5, 0.6) is 5.75 Å². The lowest BCUT2D eigenvalue weighted by molar-refractivity contribution is 0.102. The van der Waals surface area contributed by atoms with Crippen LogP contribution < -0.4 is 10.1 Å². The number of rotatable bonds is 4. The van der Waals surface area contributed by atoms with E-state index in [-0.39, 0.29) is 5.56 Å². The van der Waals surface area contributed by atoms with Crippen LogP contribution in [0.1, 0.15) is 17.3 Å². The number of carbonyl (C=O) groups is 1. The Morgan fingerprint density at radius 1 is 1.26 bits per heavy atom. The normalized spacial score (nSPS) is 10.7. The zero-order chi connectivity index (χ0) is 16.4. The largest absolute Gasteiger partial charge is 0.494 e. The summed E-state index contributed by atoms with van der Waals surface area (Å²) in [6.45, 7) is 2.44. The van der Waals surface area contributed by atoms with E-state index in [1.54, 1.807) is 12.1 Å². The molecule has 1 aromatic heterocycles. The van der Waals surface area contributed by atoms with E-state index in [0.29, 0.717) is 29.1 Å². The number of anilines is 1. The predicted octanol–water partition coefficient (Wildman–Crippen LogP) is 4.23. The Bertz CT molecular complexity index is 880. The number of amides is 1. The zero-order valence-electron chi connectivity index (χ0n) is 12.1. The molecule has 0 unspecified atom stereocenters. The van der Waals surface area contributed by atoms with E-state index >= 15 is 0 Å². The molecule has 4 nitrogen and oxygen atoms in total. The highest BCUT2D eigenvalue weighted by Gasteiger charge is 2.15. The fourth-order valence-electron chi connectivity index (χ4n) is 2.05. The van der Waals surface area contributed by atoms with Crippen LogP contribution in [-0.4, -0.2) is 17.5 Å². The number of aromatic nitrogens is 1. The van der Waals surface area contributed by atoms with Crippen molar-refractivity contribution in [1.82, 2.24) is 4.98 Å². The molecule has 1 heterocycles. The number of nitrogens with zero attached hydrogens (tertiary/aromatic N) is 1. The molecule has 2 aromatic carbocycles. The van der Waals surface area contributed by atoms with E-state index in [0.717, 1.165) is 16.8 Å². The first kappa shape index (κ1) is 15.4. The van der Waals surface area contributed by atoms with Crippen molar-refractivity contribution in [1.29, 1.82) is 0 Å². The van der Waals surface area contributed by atoms with Crippen LogP contribution in [0, 0.1) is 11.6 Å².